The molecule has 0 spiro atoms. The third-order valence-corrected chi connectivity index (χ3v) is 4.57. The Kier molecular flexibility index (Phi) is 4.62. The van der Waals surface area contributed by atoms with Crippen LogP contribution in [-0.2, 0) is 0 Å². The topological polar surface area (TPSA) is 95.6 Å². The van der Waals surface area contributed by atoms with Crippen LogP contribution in [0.25, 0.3) is 5.69 Å². The number of aryl methyl sites for hydroxylation is 1. The molecular weight excluding hydrogens is 392 g/mol. The maximum Gasteiger partial charge on any atom is 0.211 e. The molecule has 2 N–H and O–H groups in total. The second-order valence-electron chi connectivity index (χ2n) is 5.74. The van der Waals surface area contributed by atoms with Gasteiger partial charge in [-0.25, -0.2) is 0 Å². The molecule has 0 aliphatic rings. The quantitative estimate of drug-likeness (QED) is 0.664. The zero-order valence-electron chi connectivity index (χ0n) is 13.8. The summed E-state index contributed by atoms with van der Waals surface area (Å²) >= 11 is 3.42. The van der Waals surface area contributed by atoms with Gasteiger partial charge in [0, 0.05) is 21.9 Å². The molecule has 3 aromatic rings. The highest BCUT2D eigenvalue weighted by atomic mass is 79.9. The van der Waals surface area contributed by atoms with Crippen molar-refractivity contribution in [3.8, 4) is 17.8 Å². The van der Waals surface area contributed by atoms with Gasteiger partial charge < -0.3 is 10.3 Å². The minimum Gasteiger partial charge on any atom is -0.396 e. The highest BCUT2D eigenvalue weighted by molar-refractivity contribution is 9.10. The number of nitrogens with zero attached hydrogens (tertiary/aromatic N) is 3. The summed E-state index contributed by atoms with van der Waals surface area (Å²) in [5.74, 6) is -0.309. The largest absolute Gasteiger partial charge is 0.396 e. The maximum absolute atomic E-state index is 13.1. The lowest BCUT2D eigenvalue weighted by molar-refractivity contribution is 0.103. The molecule has 0 saturated carbocycles. The van der Waals surface area contributed by atoms with Gasteiger partial charge in [-0.2, -0.15) is 10.5 Å². The van der Waals surface area contributed by atoms with Crippen molar-refractivity contribution in [2.24, 2.45) is 0 Å². The maximum atomic E-state index is 13.1. The van der Waals surface area contributed by atoms with Crippen LogP contribution in [0.1, 0.15) is 32.7 Å². The summed E-state index contributed by atoms with van der Waals surface area (Å²) in [5.41, 5.74) is 9.26. The molecule has 0 radical (unpaired) electrons. The lowest BCUT2D eigenvalue weighted by Gasteiger charge is -2.12. The van der Waals surface area contributed by atoms with Crippen molar-refractivity contribution in [1.82, 2.24) is 4.57 Å². The summed E-state index contributed by atoms with van der Waals surface area (Å²) in [4.78, 5) is 13.1. The van der Waals surface area contributed by atoms with Crippen LogP contribution in [0.5, 0.6) is 0 Å². The zero-order chi connectivity index (χ0) is 18.8. The first-order valence-corrected chi connectivity index (χ1v) is 8.48. The molecule has 6 heteroatoms. The molecule has 126 valence electrons. The predicted octanol–water partition coefficient (Wildman–Crippen LogP) is 4.10. The molecule has 0 saturated heterocycles. The van der Waals surface area contributed by atoms with Crippen LogP contribution in [0.4, 0.5) is 5.69 Å². The molecule has 2 aromatic carbocycles. The Morgan fingerprint density at radius 1 is 1.12 bits per heavy atom. The van der Waals surface area contributed by atoms with Crippen LogP contribution >= 0.6 is 15.9 Å². The van der Waals surface area contributed by atoms with E-state index >= 15 is 0 Å². The monoisotopic (exact) mass is 404 g/mol. The molecule has 3 rings (SSSR count). The van der Waals surface area contributed by atoms with E-state index in [1.54, 1.807) is 35.0 Å². The second kappa shape index (κ2) is 6.87. The van der Waals surface area contributed by atoms with E-state index in [4.69, 9.17) is 11.0 Å². The van der Waals surface area contributed by atoms with E-state index in [9.17, 15) is 10.1 Å². The summed E-state index contributed by atoms with van der Waals surface area (Å²) in [6.45, 7) is 1.91. The van der Waals surface area contributed by atoms with Gasteiger partial charge in [0.15, 0.2) is 0 Å². The number of anilines is 1. The van der Waals surface area contributed by atoms with E-state index in [2.05, 4.69) is 15.9 Å². The SMILES string of the molecule is Cc1cc(Br)ccc1-n1cc(C#N)c(N)c1C(=O)c1ccc(C#N)cc1. The van der Waals surface area contributed by atoms with Crippen molar-refractivity contribution in [1.29, 1.82) is 10.5 Å². The number of nitriles is 2. The van der Waals surface area contributed by atoms with Crippen LogP contribution in [-0.4, -0.2) is 10.4 Å². The standard InChI is InChI=1S/C20H13BrN4O/c1-12-8-16(21)6-7-17(12)25-11-15(10-23)18(24)19(25)20(26)14-4-2-13(9-22)3-5-14/h2-8,11H,24H2,1H3. The number of nitrogens with two attached hydrogens (primary N) is 1. The van der Waals surface area contributed by atoms with Crippen LogP contribution < -0.4 is 5.73 Å². The first-order valence-electron chi connectivity index (χ1n) is 7.68. The van der Waals surface area contributed by atoms with Gasteiger partial charge in [0.2, 0.25) is 5.78 Å². The van der Waals surface area contributed by atoms with Crippen LogP contribution in [0.3, 0.4) is 0 Å². The fraction of sp³-hybridized carbons (Fsp3) is 0.0500. The third kappa shape index (κ3) is 2.99. The van der Waals surface area contributed by atoms with Gasteiger partial charge in [0.1, 0.15) is 11.8 Å². The Morgan fingerprint density at radius 3 is 2.38 bits per heavy atom. The molecule has 0 bridgehead atoms. The molecule has 1 aromatic heterocycles. The minimum atomic E-state index is -0.309. The molecule has 5 nitrogen and oxygen atoms in total. The van der Waals surface area contributed by atoms with Crippen LogP contribution in [0.2, 0.25) is 0 Å². The zero-order valence-corrected chi connectivity index (χ0v) is 15.4. The lowest BCUT2D eigenvalue weighted by Crippen LogP contribution is -2.11. The number of ketones is 1. The first kappa shape index (κ1) is 17.5. The summed E-state index contributed by atoms with van der Waals surface area (Å²) in [7, 11) is 0. The fourth-order valence-electron chi connectivity index (χ4n) is 2.75. The van der Waals surface area contributed by atoms with Gasteiger partial charge in [-0.3, -0.25) is 4.79 Å². The predicted molar refractivity (Wildman–Crippen MR) is 102 cm³/mol. The molecule has 0 fully saturated rings. The Labute approximate surface area is 159 Å². The average molecular weight is 405 g/mol. The Balaban J connectivity index is 2.20. The first-order chi connectivity index (χ1) is 12.5. The van der Waals surface area contributed by atoms with Crippen molar-refractivity contribution >= 4 is 27.4 Å². The Bertz CT molecular complexity index is 1100. The number of hydrogen-bond acceptors (Lipinski definition) is 4. The van der Waals surface area contributed by atoms with Crippen molar-refractivity contribution < 1.29 is 4.79 Å². The minimum absolute atomic E-state index is 0.143. The van der Waals surface area contributed by atoms with Crippen molar-refractivity contribution in [3.05, 3.63) is 81.1 Å². The van der Waals surface area contributed by atoms with Gasteiger partial charge in [0.25, 0.3) is 0 Å². The van der Waals surface area contributed by atoms with Gasteiger partial charge >= 0.3 is 0 Å². The highest BCUT2D eigenvalue weighted by Crippen LogP contribution is 2.29. The van der Waals surface area contributed by atoms with E-state index in [1.165, 1.54) is 0 Å². The summed E-state index contributed by atoms with van der Waals surface area (Å²) < 4.78 is 2.57. The molecule has 1 heterocycles. The van der Waals surface area contributed by atoms with Crippen LogP contribution in [0, 0.1) is 29.6 Å². The van der Waals surface area contributed by atoms with Gasteiger partial charge in [0.05, 0.1) is 22.9 Å². The Hall–Kier alpha value is -3.35. The van der Waals surface area contributed by atoms with E-state index < -0.39 is 0 Å². The summed E-state index contributed by atoms with van der Waals surface area (Å²) in [6, 6.07) is 16.0. The van der Waals surface area contributed by atoms with Gasteiger partial charge in [-0.1, -0.05) is 15.9 Å². The van der Waals surface area contributed by atoms with Crippen molar-refractivity contribution in [3.63, 3.8) is 0 Å². The molecule has 0 amide bonds. The average Bonchev–Trinajstić information content (AvgIpc) is 2.97. The highest BCUT2D eigenvalue weighted by Gasteiger charge is 2.23. The smallest absolute Gasteiger partial charge is 0.211 e. The number of halogens is 1. The number of rotatable bonds is 3. The van der Waals surface area contributed by atoms with E-state index in [0.717, 1.165) is 15.7 Å². The summed E-state index contributed by atoms with van der Waals surface area (Å²) in [5, 5.41) is 18.2. The number of carbonyl (C=O) groups excluding carboxylic acids is 1. The van der Waals surface area contributed by atoms with E-state index in [0.29, 0.717) is 11.1 Å². The normalized spacial score (nSPS) is 10.2. The molecular formula is C20H13BrN4O. The molecule has 0 atom stereocenters. The van der Waals surface area contributed by atoms with Crippen molar-refractivity contribution in [2.45, 2.75) is 6.92 Å². The van der Waals surface area contributed by atoms with Crippen LogP contribution in [0.15, 0.2) is 53.1 Å². The number of benzene rings is 2. The number of nitrogen functional groups attached to an aromatic ring is 1. The van der Waals surface area contributed by atoms with Gasteiger partial charge in [-0.15, -0.1) is 0 Å². The molecule has 0 aliphatic carbocycles. The second-order valence-corrected chi connectivity index (χ2v) is 6.65. The number of aromatic nitrogens is 1. The van der Waals surface area contributed by atoms with Gasteiger partial charge in [-0.05, 0) is 55.0 Å². The third-order valence-electron chi connectivity index (χ3n) is 4.07. The Morgan fingerprint density at radius 2 is 1.81 bits per heavy atom. The number of carbonyl (C=O) groups is 1. The number of hydrogen-bond donors (Lipinski definition) is 1. The van der Waals surface area contributed by atoms with E-state index in [1.807, 2.05) is 37.3 Å². The summed E-state index contributed by atoms with van der Waals surface area (Å²) in [6.07, 6.45) is 1.57. The van der Waals surface area contributed by atoms with E-state index in [-0.39, 0.29) is 22.7 Å². The molecule has 0 aliphatic heterocycles. The fourth-order valence-corrected chi connectivity index (χ4v) is 3.23. The van der Waals surface area contributed by atoms with Crippen molar-refractivity contribution in [2.75, 3.05) is 5.73 Å². The molecule has 26 heavy (non-hydrogen) atoms. The molecule has 0 unspecified atom stereocenters. The lowest BCUT2D eigenvalue weighted by atomic mass is 10.0.